The summed E-state index contributed by atoms with van der Waals surface area (Å²) in [6, 6.07) is 5.19. The van der Waals surface area contributed by atoms with E-state index in [-0.39, 0.29) is 11.5 Å². The minimum absolute atomic E-state index is 0.247. The second-order valence-corrected chi connectivity index (χ2v) is 3.40. The van der Waals surface area contributed by atoms with Gasteiger partial charge in [0.15, 0.2) is 0 Å². The summed E-state index contributed by atoms with van der Waals surface area (Å²) in [6.45, 7) is 0. The molecule has 1 heterocycles. The summed E-state index contributed by atoms with van der Waals surface area (Å²) in [5.41, 5.74) is 0.907. The summed E-state index contributed by atoms with van der Waals surface area (Å²) in [6.07, 6.45) is 1.53. The Balaban J connectivity index is 2.34. The molecule has 1 saturated heterocycles. The van der Waals surface area contributed by atoms with Crippen LogP contribution < -0.4 is 5.32 Å². The lowest BCUT2D eigenvalue weighted by Crippen LogP contribution is -2.24. The lowest BCUT2D eigenvalue weighted by molar-refractivity contribution is -0.115. The molecule has 16 heavy (non-hydrogen) atoms. The first-order valence-electron chi connectivity index (χ1n) is 4.64. The van der Waals surface area contributed by atoms with Crippen LogP contribution in [0.5, 0.6) is 0 Å². The van der Waals surface area contributed by atoms with Gasteiger partial charge >= 0.3 is 6.03 Å². The van der Waals surface area contributed by atoms with Gasteiger partial charge in [-0.25, -0.2) is 9.18 Å². The molecule has 0 aromatic heterocycles. The number of imide groups is 1. The van der Waals surface area contributed by atoms with Crippen molar-refractivity contribution in [3.05, 3.63) is 41.3 Å². The Kier molecular flexibility index (Phi) is 2.44. The monoisotopic (exact) mass is 220 g/mol. The highest BCUT2D eigenvalue weighted by atomic mass is 19.1. The topological polar surface area (TPSA) is 49.4 Å². The molecule has 0 spiro atoms. The summed E-state index contributed by atoms with van der Waals surface area (Å²) in [4.78, 5) is 23.7. The average molecular weight is 220 g/mol. The lowest BCUT2D eigenvalue weighted by Gasteiger charge is -2.06. The molecule has 0 radical (unpaired) electrons. The van der Waals surface area contributed by atoms with Gasteiger partial charge in [-0.15, -0.1) is 0 Å². The Bertz CT molecular complexity index is 479. The summed E-state index contributed by atoms with van der Waals surface area (Å²) < 4.78 is 12.7. The number of halogens is 1. The van der Waals surface area contributed by atoms with Crippen molar-refractivity contribution in [1.29, 1.82) is 0 Å². The summed E-state index contributed by atoms with van der Waals surface area (Å²) in [5, 5.41) is 2.15. The fourth-order valence-corrected chi connectivity index (χ4v) is 1.39. The zero-order valence-corrected chi connectivity index (χ0v) is 8.53. The molecule has 0 bridgehead atoms. The van der Waals surface area contributed by atoms with E-state index < -0.39 is 11.9 Å². The third-order valence-electron chi connectivity index (χ3n) is 2.29. The van der Waals surface area contributed by atoms with Crippen molar-refractivity contribution in [2.75, 3.05) is 7.05 Å². The van der Waals surface area contributed by atoms with E-state index in [9.17, 15) is 14.0 Å². The second-order valence-electron chi connectivity index (χ2n) is 3.40. The van der Waals surface area contributed by atoms with Crippen LogP contribution in [-0.2, 0) is 4.79 Å². The van der Waals surface area contributed by atoms with E-state index in [0.717, 1.165) is 0 Å². The Morgan fingerprint density at radius 3 is 2.38 bits per heavy atom. The summed E-state index contributed by atoms with van der Waals surface area (Å²) in [7, 11) is 1.50. The molecule has 1 N–H and O–H groups in total. The molecule has 82 valence electrons. The Hall–Kier alpha value is -2.17. The van der Waals surface area contributed by atoms with Crippen molar-refractivity contribution in [3.8, 4) is 0 Å². The van der Waals surface area contributed by atoms with E-state index in [2.05, 4.69) is 5.32 Å². The van der Waals surface area contributed by atoms with Crippen LogP contribution >= 0.6 is 0 Å². The molecule has 3 amide bonds. The lowest BCUT2D eigenvalue weighted by atomic mass is 10.2. The fraction of sp³-hybridized carbons (Fsp3) is 0.0909. The molecular formula is C11H9FN2O2. The average Bonchev–Trinajstić information content (AvgIpc) is 2.48. The molecule has 0 aliphatic carbocycles. The van der Waals surface area contributed by atoms with E-state index in [4.69, 9.17) is 0 Å². The molecule has 4 nitrogen and oxygen atoms in total. The molecular weight excluding hydrogens is 211 g/mol. The third kappa shape index (κ3) is 1.79. The van der Waals surface area contributed by atoms with Crippen LogP contribution in [0.15, 0.2) is 30.0 Å². The zero-order valence-electron chi connectivity index (χ0n) is 8.53. The predicted octanol–water partition coefficient (Wildman–Crippen LogP) is 1.35. The maximum Gasteiger partial charge on any atom is 0.328 e. The normalized spacial score (nSPS) is 18.1. The van der Waals surface area contributed by atoms with Crippen LogP contribution in [0.3, 0.4) is 0 Å². The van der Waals surface area contributed by atoms with Gasteiger partial charge in [0, 0.05) is 7.05 Å². The maximum absolute atomic E-state index is 12.7. The highest BCUT2D eigenvalue weighted by Crippen LogP contribution is 2.14. The van der Waals surface area contributed by atoms with Crippen LogP contribution in [0.25, 0.3) is 6.08 Å². The van der Waals surface area contributed by atoms with Gasteiger partial charge in [-0.2, -0.15) is 0 Å². The van der Waals surface area contributed by atoms with Gasteiger partial charge in [0.2, 0.25) is 0 Å². The SMILES string of the molecule is CN1C(=O)NC(=O)C1=Cc1ccc(F)cc1. The standard InChI is InChI=1S/C11H9FN2O2/c1-14-9(10(15)13-11(14)16)6-7-2-4-8(12)5-3-7/h2-6H,1H3,(H,13,15,16). The van der Waals surface area contributed by atoms with Crippen molar-refractivity contribution in [2.45, 2.75) is 0 Å². The van der Waals surface area contributed by atoms with Gasteiger partial charge in [0.05, 0.1) is 0 Å². The second kappa shape index (κ2) is 3.77. The Morgan fingerprint density at radius 2 is 1.88 bits per heavy atom. The van der Waals surface area contributed by atoms with Gasteiger partial charge in [-0.1, -0.05) is 12.1 Å². The maximum atomic E-state index is 12.7. The molecule has 5 heteroatoms. The summed E-state index contributed by atoms with van der Waals surface area (Å²) in [5.74, 6) is -0.792. The first kappa shape index (κ1) is 10.4. The minimum atomic E-state index is -0.460. The predicted molar refractivity (Wildman–Crippen MR) is 55.7 cm³/mol. The molecule has 2 rings (SSSR count). The van der Waals surface area contributed by atoms with E-state index >= 15 is 0 Å². The van der Waals surface area contributed by atoms with E-state index in [0.29, 0.717) is 5.56 Å². The smallest absolute Gasteiger partial charge is 0.292 e. The molecule has 1 aliphatic heterocycles. The number of nitrogens with one attached hydrogen (secondary N) is 1. The van der Waals surface area contributed by atoms with Crippen molar-refractivity contribution in [1.82, 2.24) is 10.2 Å². The number of rotatable bonds is 1. The van der Waals surface area contributed by atoms with Crippen molar-refractivity contribution >= 4 is 18.0 Å². The number of likely N-dealkylation sites (N-methyl/N-ethyl adjacent to an activating group) is 1. The zero-order chi connectivity index (χ0) is 11.7. The van der Waals surface area contributed by atoms with Crippen molar-refractivity contribution in [2.24, 2.45) is 0 Å². The van der Waals surface area contributed by atoms with Gasteiger partial charge in [0.1, 0.15) is 11.5 Å². The van der Waals surface area contributed by atoms with E-state index in [1.807, 2.05) is 0 Å². The molecule has 1 aromatic carbocycles. The molecule has 1 fully saturated rings. The van der Waals surface area contributed by atoms with Crippen LogP contribution in [0.1, 0.15) is 5.56 Å². The molecule has 1 aliphatic rings. The number of hydrogen-bond donors (Lipinski definition) is 1. The first-order valence-corrected chi connectivity index (χ1v) is 4.64. The number of amides is 3. The number of nitrogens with zero attached hydrogens (tertiary/aromatic N) is 1. The third-order valence-corrected chi connectivity index (χ3v) is 2.29. The van der Waals surface area contributed by atoms with Crippen LogP contribution in [0.4, 0.5) is 9.18 Å². The molecule has 0 atom stereocenters. The van der Waals surface area contributed by atoms with Gasteiger partial charge in [0.25, 0.3) is 5.91 Å². The van der Waals surface area contributed by atoms with Crippen LogP contribution in [-0.4, -0.2) is 23.9 Å². The number of benzene rings is 1. The van der Waals surface area contributed by atoms with E-state index in [1.54, 1.807) is 0 Å². The van der Waals surface area contributed by atoms with Crippen molar-refractivity contribution < 1.29 is 14.0 Å². The number of hydrogen-bond acceptors (Lipinski definition) is 2. The Morgan fingerprint density at radius 1 is 1.25 bits per heavy atom. The highest BCUT2D eigenvalue weighted by Gasteiger charge is 2.29. The largest absolute Gasteiger partial charge is 0.328 e. The van der Waals surface area contributed by atoms with Gasteiger partial charge in [-0.3, -0.25) is 15.0 Å². The fourth-order valence-electron chi connectivity index (χ4n) is 1.39. The quantitative estimate of drug-likeness (QED) is 0.573. The van der Waals surface area contributed by atoms with Crippen LogP contribution in [0.2, 0.25) is 0 Å². The number of carbonyl (C=O) groups is 2. The minimum Gasteiger partial charge on any atom is -0.292 e. The first-order chi connectivity index (χ1) is 7.58. The molecule has 0 unspecified atom stereocenters. The van der Waals surface area contributed by atoms with E-state index in [1.165, 1.54) is 42.3 Å². The van der Waals surface area contributed by atoms with Crippen molar-refractivity contribution in [3.63, 3.8) is 0 Å². The Labute approximate surface area is 91.4 Å². The van der Waals surface area contributed by atoms with Crippen LogP contribution in [0, 0.1) is 5.82 Å². The van der Waals surface area contributed by atoms with Gasteiger partial charge < -0.3 is 0 Å². The summed E-state index contributed by atoms with van der Waals surface area (Å²) >= 11 is 0. The highest BCUT2D eigenvalue weighted by molar-refractivity contribution is 6.13. The molecule has 0 saturated carbocycles. The number of urea groups is 1. The molecule has 1 aromatic rings. The van der Waals surface area contributed by atoms with Gasteiger partial charge in [-0.05, 0) is 23.8 Å². The number of carbonyl (C=O) groups excluding carboxylic acids is 2.